The number of fused-ring (bicyclic) bond motifs is 4. The average Bonchev–Trinajstić information content (AvgIpc) is 3.40. The van der Waals surface area contributed by atoms with E-state index < -0.39 is 10.8 Å². The molecule has 0 N–H and O–H groups in total. The zero-order valence-electron chi connectivity index (χ0n) is 49.8. The van der Waals surface area contributed by atoms with E-state index in [9.17, 15) is 0 Å². The Hall–Kier alpha value is -7.82. The molecule has 4 heteroatoms. The van der Waals surface area contributed by atoms with Crippen molar-refractivity contribution in [3.8, 4) is 0 Å². The Morgan fingerprint density at radius 2 is 0.506 bits per heavy atom. The minimum atomic E-state index is -0.430. The van der Waals surface area contributed by atoms with Gasteiger partial charge in [-0.2, -0.15) is 0 Å². The molecule has 11 rings (SSSR count). The number of rotatable bonds is 9. The van der Waals surface area contributed by atoms with E-state index in [4.69, 9.17) is 0 Å². The monoisotopic (exact) mass is 1040 g/mol. The molecule has 0 aromatic heterocycles. The van der Waals surface area contributed by atoms with Gasteiger partial charge in [-0.15, -0.1) is 0 Å². The van der Waals surface area contributed by atoms with Crippen molar-refractivity contribution in [2.24, 2.45) is 0 Å². The summed E-state index contributed by atoms with van der Waals surface area (Å²) in [5.74, 6) is 0. The van der Waals surface area contributed by atoms with Gasteiger partial charge in [-0.25, -0.2) is 0 Å². The van der Waals surface area contributed by atoms with Crippen LogP contribution in [0.1, 0.15) is 146 Å². The number of aryl methyl sites for hydroxylation is 3. The lowest BCUT2D eigenvalue weighted by Crippen LogP contribution is -2.38. The summed E-state index contributed by atoms with van der Waals surface area (Å²) in [7, 11) is 0. The highest BCUT2D eigenvalue weighted by Gasteiger charge is 2.47. The molecular formula is C75H80N4. The van der Waals surface area contributed by atoms with Crippen LogP contribution in [0.3, 0.4) is 0 Å². The van der Waals surface area contributed by atoms with Crippen LogP contribution in [0, 0.1) is 20.8 Å². The van der Waals surface area contributed by atoms with E-state index in [-0.39, 0.29) is 16.2 Å². The molecule has 2 aliphatic rings. The van der Waals surface area contributed by atoms with Crippen molar-refractivity contribution in [1.82, 2.24) is 0 Å². The molecule has 0 amide bonds. The van der Waals surface area contributed by atoms with Gasteiger partial charge in [-0.3, -0.25) is 0 Å². The maximum absolute atomic E-state index is 2.61. The van der Waals surface area contributed by atoms with Crippen molar-refractivity contribution in [2.75, 3.05) is 19.6 Å². The lowest BCUT2D eigenvalue weighted by atomic mass is 9.66. The highest BCUT2D eigenvalue weighted by atomic mass is 15.2. The van der Waals surface area contributed by atoms with Crippen LogP contribution >= 0.6 is 0 Å². The predicted molar refractivity (Wildman–Crippen MR) is 340 cm³/mol. The van der Waals surface area contributed by atoms with Gasteiger partial charge in [0.25, 0.3) is 0 Å². The first-order valence-electron chi connectivity index (χ1n) is 28.5. The second kappa shape index (κ2) is 19.2. The Bertz CT molecular complexity index is 3520. The van der Waals surface area contributed by atoms with Gasteiger partial charge in [0.2, 0.25) is 0 Å². The summed E-state index contributed by atoms with van der Waals surface area (Å²) in [5.41, 5.74) is 25.9. The van der Waals surface area contributed by atoms with Gasteiger partial charge in [-0.1, -0.05) is 179 Å². The topological polar surface area (TPSA) is 13.0 Å². The lowest BCUT2D eigenvalue weighted by molar-refractivity contribution is 0.590. The molecule has 9 aromatic rings. The zero-order valence-corrected chi connectivity index (χ0v) is 49.8. The number of anilines is 12. The average molecular weight is 1040 g/mol. The van der Waals surface area contributed by atoms with Gasteiger partial charge < -0.3 is 19.6 Å². The first-order valence-corrected chi connectivity index (χ1v) is 28.5. The molecule has 2 heterocycles. The fourth-order valence-corrected chi connectivity index (χ4v) is 12.1. The molecule has 0 atom stereocenters. The van der Waals surface area contributed by atoms with Crippen LogP contribution < -0.4 is 19.6 Å². The Balaban J connectivity index is 1.17. The minimum Gasteiger partial charge on any atom is -0.310 e. The molecule has 4 nitrogen and oxygen atoms in total. The Morgan fingerprint density at radius 3 is 0.772 bits per heavy atom. The van der Waals surface area contributed by atoms with Crippen LogP contribution in [0.2, 0.25) is 0 Å². The van der Waals surface area contributed by atoms with Crippen LogP contribution in [0.4, 0.5) is 68.2 Å². The molecule has 0 saturated carbocycles. The molecule has 400 valence electrons. The molecule has 79 heavy (non-hydrogen) atoms. The van der Waals surface area contributed by atoms with E-state index in [1.807, 2.05) is 0 Å². The molecule has 2 aliphatic heterocycles. The van der Waals surface area contributed by atoms with Crippen molar-refractivity contribution in [1.29, 1.82) is 0 Å². The van der Waals surface area contributed by atoms with Crippen molar-refractivity contribution < 1.29 is 0 Å². The molecule has 0 bridgehead atoms. The van der Waals surface area contributed by atoms with Gasteiger partial charge in [0.1, 0.15) is 0 Å². The summed E-state index contributed by atoms with van der Waals surface area (Å²) in [6.45, 7) is 36.9. The third-order valence-corrected chi connectivity index (χ3v) is 17.1. The van der Waals surface area contributed by atoms with Crippen molar-refractivity contribution in [3.05, 3.63) is 250 Å². The van der Waals surface area contributed by atoms with Crippen molar-refractivity contribution in [2.45, 2.75) is 138 Å². The maximum Gasteiger partial charge on any atom is 0.0545 e. The first kappa shape index (κ1) is 53.2. The molecule has 0 fully saturated rings. The van der Waals surface area contributed by atoms with E-state index in [0.29, 0.717) is 0 Å². The minimum absolute atomic E-state index is 0.0228. The molecule has 9 aromatic carbocycles. The number of hydrogen-bond acceptors (Lipinski definition) is 4. The summed E-state index contributed by atoms with van der Waals surface area (Å²) in [5, 5.41) is 0. The van der Waals surface area contributed by atoms with E-state index in [0.717, 1.165) is 51.2 Å². The highest BCUT2D eigenvalue weighted by Crippen LogP contribution is 2.62. The van der Waals surface area contributed by atoms with Gasteiger partial charge in [-0.05, 0) is 197 Å². The van der Waals surface area contributed by atoms with Crippen LogP contribution in [0.5, 0.6) is 0 Å². The number of hydrogen-bond donors (Lipinski definition) is 0. The first-order chi connectivity index (χ1) is 37.3. The summed E-state index contributed by atoms with van der Waals surface area (Å²) < 4.78 is 0. The second-order valence-electron chi connectivity index (χ2n) is 26.8. The Morgan fingerprint density at radius 1 is 0.278 bits per heavy atom. The third kappa shape index (κ3) is 9.62. The molecule has 0 saturated heterocycles. The quantitative estimate of drug-likeness (QED) is 0.143. The van der Waals surface area contributed by atoms with E-state index in [2.05, 4.69) is 325 Å². The summed E-state index contributed by atoms with van der Waals surface area (Å²) in [4.78, 5) is 9.97. The van der Waals surface area contributed by atoms with E-state index in [1.165, 1.54) is 72.7 Å². The van der Waals surface area contributed by atoms with Gasteiger partial charge in [0.15, 0.2) is 0 Å². The molecule has 0 aliphatic carbocycles. The van der Waals surface area contributed by atoms with Crippen LogP contribution in [-0.4, -0.2) is 0 Å². The summed E-state index contributed by atoms with van der Waals surface area (Å²) in [6.07, 6.45) is 0. The molecule has 0 spiro atoms. The SMILES string of the molecule is Cc1ccc(N(c2ccc(C(C)(C)C)cc2)c2ccc3c(c2)C(C)(C)c2cc(N(c4ccc(C)cc4)c4ccc(C(C)(C)C)cc4)cc4c2N3c2ccc(N(c3ccc(C)cc3)c3ccc(C(C)(C)C)cc3)cc2C4(C)C)cc1. The highest BCUT2D eigenvalue weighted by molar-refractivity contribution is 5.97. The molecule has 0 radical (unpaired) electrons. The largest absolute Gasteiger partial charge is 0.310 e. The number of benzene rings is 9. The van der Waals surface area contributed by atoms with E-state index >= 15 is 0 Å². The Kier molecular flexibility index (Phi) is 12.9. The zero-order chi connectivity index (χ0) is 56.1. The van der Waals surface area contributed by atoms with Crippen LogP contribution in [0.25, 0.3) is 0 Å². The maximum atomic E-state index is 2.61. The fraction of sp³-hybridized carbons (Fsp3) is 0.280. The van der Waals surface area contributed by atoms with Crippen LogP contribution in [0.15, 0.2) is 194 Å². The van der Waals surface area contributed by atoms with Crippen molar-refractivity contribution in [3.63, 3.8) is 0 Å². The molecule has 0 unspecified atom stereocenters. The van der Waals surface area contributed by atoms with Crippen LogP contribution in [-0.2, 0) is 27.1 Å². The van der Waals surface area contributed by atoms with Gasteiger partial charge >= 0.3 is 0 Å². The van der Waals surface area contributed by atoms with Gasteiger partial charge in [0.05, 0.1) is 17.1 Å². The third-order valence-electron chi connectivity index (χ3n) is 17.1. The van der Waals surface area contributed by atoms with E-state index in [1.54, 1.807) is 0 Å². The predicted octanol–water partition coefficient (Wildman–Crippen LogP) is 21.7. The summed E-state index contributed by atoms with van der Waals surface area (Å²) >= 11 is 0. The fourth-order valence-electron chi connectivity index (χ4n) is 12.1. The summed E-state index contributed by atoms with van der Waals surface area (Å²) in [6, 6.07) is 74.2. The smallest absolute Gasteiger partial charge is 0.0545 e. The standard InChI is InChI=1S/C75H80N4/c1-49-17-29-55(30-18-49)76(58-35-23-52(24-36-58)71(4,5)6)61-41-43-68-64(45-61)74(13,14)66-47-63(78(57-33-21-51(3)22-34-57)60-39-27-54(28-40-60)73(10,11)12)48-67-70(66)79(68)69-44-42-62(46-65(69)75(67,15)16)77(56-31-19-50(2)20-32-56)59-37-25-53(26-38-59)72(7,8)9/h17-48H,1-16H3. The normalized spacial score (nSPS) is 14.3. The van der Waals surface area contributed by atoms with Gasteiger partial charge in [0, 0.05) is 62.0 Å². The molecular weight excluding hydrogens is 957 g/mol. The lowest BCUT2D eigenvalue weighted by Gasteiger charge is -2.50. The Labute approximate surface area is 473 Å². The number of nitrogens with zero attached hydrogens (tertiary/aromatic N) is 4. The van der Waals surface area contributed by atoms with Crippen molar-refractivity contribution >= 4 is 68.2 Å². The second-order valence-corrected chi connectivity index (χ2v) is 26.8.